The topological polar surface area (TPSA) is 55.3 Å². The van der Waals surface area contributed by atoms with Crippen LogP contribution in [0.3, 0.4) is 0 Å². The number of ether oxygens (including phenoxy) is 1. The fourth-order valence-electron chi connectivity index (χ4n) is 3.55. The number of aromatic nitrogens is 1. The summed E-state index contributed by atoms with van der Waals surface area (Å²) in [4.78, 5) is 12.6. The Morgan fingerprint density at radius 2 is 2.04 bits per heavy atom. The van der Waals surface area contributed by atoms with Gasteiger partial charge in [0, 0.05) is 23.6 Å². The molecule has 1 unspecified atom stereocenters. The lowest BCUT2D eigenvalue weighted by atomic mass is 10.00. The molecule has 5 nitrogen and oxygen atoms in total. The van der Waals surface area contributed by atoms with Crippen molar-refractivity contribution in [3.05, 3.63) is 47.3 Å². The zero-order chi connectivity index (χ0) is 17.8. The van der Waals surface area contributed by atoms with E-state index in [-0.39, 0.29) is 18.3 Å². The number of hydrogen-bond donors (Lipinski definition) is 2. The van der Waals surface area contributed by atoms with Crippen molar-refractivity contribution in [2.45, 2.75) is 26.7 Å². The Balaban J connectivity index is 0.00000243. The first-order valence-electron chi connectivity index (χ1n) is 8.92. The number of carbonyl (C=O) groups excluding carboxylic acids is 1. The average Bonchev–Trinajstić information content (AvgIpc) is 2.95. The predicted molar refractivity (Wildman–Crippen MR) is 107 cm³/mol. The molecule has 1 amide bonds. The van der Waals surface area contributed by atoms with Gasteiger partial charge in [-0.05, 0) is 76.0 Å². The quantitative estimate of drug-likeness (QED) is 0.840. The number of aryl methyl sites for hydroxylation is 1. The summed E-state index contributed by atoms with van der Waals surface area (Å²) in [6, 6.07) is 9.85. The predicted octanol–water partition coefficient (Wildman–Crippen LogP) is 3.25. The molecule has 1 aromatic carbocycles. The molecule has 0 spiro atoms. The van der Waals surface area contributed by atoms with Gasteiger partial charge in [0.2, 0.25) is 0 Å². The first kappa shape index (κ1) is 20.3. The van der Waals surface area contributed by atoms with E-state index in [0.717, 1.165) is 48.0 Å². The third-order valence-corrected chi connectivity index (χ3v) is 4.96. The van der Waals surface area contributed by atoms with E-state index in [1.54, 1.807) is 7.11 Å². The van der Waals surface area contributed by atoms with E-state index in [1.807, 2.05) is 44.2 Å². The van der Waals surface area contributed by atoms with E-state index in [2.05, 4.69) is 15.2 Å². The molecule has 0 bridgehead atoms. The molecule has 0 saturated carbocycles. The summed E-state index contributed by atoms with van der Waals surface area (Å²) in [7, 11) is 1.66. The fourth-order valence-corrected chi connectivity index (χ4v) is 3.55. The van der Waals surface area contributed by atoms with E-state index >= 15 is 0 Å². The Hall–Kier alpha value is -1.98. The number of carbonyl (C=O) groups is 1. The van der Waals surface area contributed by atoms with Crippen LogP contribution in [0.4, 0.5) is 0 Å². The first-order chi connectivity index (χ1) is 12.1. The van der Waals surface area contributed by atoms with Crippen LogP contribution in [0.1, 0.15) is 34.6 Å². The third-order valence-electron chi connectivity index (χ3n) is 4.96. The van der Waals surface area contributed by atoms with E-state index in [0.29, 0.717) is 5.92 Å². The third kappa shape index (κ3) is 4.40. The molecule has 3 rings (SSSR count). The number of hydrogen-bond acceptors (Lipinski definition) is 3. The molecule has 0 aliphatic carbocycles. The molecular formula is C20H28ClN3O2. The van der Waals surface area contributed by atoms with Crippen LogP contribution in [0.5, 0.6) is 5.75 Å². The van der Waals surface area contributed by atoms with Crippen LogP contribution < -0.4 is 15.4 Å². The van der Waals surface area contributed by atoms with Gasteiger partial charge < -0.3 is 19.9 Å². The normalized spacial score (nSPS) is 16.7. The summed E-state index contributed by atoms with van der Waals surface area (Å²) in [5.41, 5.74) is 3.79. The Bertz CT molecular complexity index is 734. The molecule has 2 aromatic rings. The van der Waals surface area contributed by atoms with Crippen molar-refractivity contribution in [1.82, 2.24) is 15.2 Å². The Morgan fingerprint density at radius 3 is 2.65 bits per heavy atom. The van der Waals surface area contributed by atoms with Crippen molar-refractivity contribution in [1.29, 1.82) is 0 Å². The lowest BCUT2D eigenvalue weighted by Crippen LogP contribution is -2.38. The van der Waals surface area contributed by atoms with Crippen molar-refractivity contribution < 1.29 is 9.53 Å². The molecule has 1 fully saturated rings. The number of benzene rings is 1. The van der Waals surface area contributed by atoms with Gasteiger partial charge in [0.1, 0.15) is 5.75 Å². The van der Waals surface area contributed by atoms with Crippen LogP contribution in [0.2, 0.25) is 0 Å². The molecule has 6 heteroatoms. The highest BCUT2D eigenvalue weighted by molar-refractivity contribution is 5.95. The zero-order valence-electron chi connectivity index (χ0n) is 15.7. The molecule has 1 saturated heterocycles. The lowest BCUT2D eigenvalue weighted by Gasteiger charge is -2.22. The molecule has 26 heavy (non-hydrogen) atoms. The maximum atomic E-state index is 12.6. The Morgan fingerprint density at radius 1 is 1.31 bits per heavy atom. The fraction of sp³-hybridized carbons (Fsp3) is 0.450. The van der Waals surface area contributed by atoms with Gasteiger partial charge in [-0.3, -0.25) is 4.79 Å². The first-order valence-corrected chi connectivity index (χ1v) is 8.92. The summed E-state index contributed by atoms with van der Waals surface area (Å²) >= 11 is 0. The maximum absolute atomic E-state index is 12.6. The van der Waals surface area contributed by atoms with Crippen molar-refractivity contribution in [2.75, 3.05) is 26.7 Å². The van der Waals surface area contributed by atoms with E-state index in [1.165, 1.54) is 12.8 Å². The monoisotopic (exact) mass is 377 g/mol. The van der Waals surface area contributed by atoms with Crippen LogP contribution in [-0.2, 0) is 0 Å². The van der Waals surface area contributed by atoms with Crippen LogP contribution in [0.15, 0.2) is 30.3 Å². The van der Waals surface area contributed by atoms with Crippen molar-refractivity contribution >= 4 is 18.3 Å². The number of nitrogens with one attached hydrogen (secondary N) is 2. The number of amides is 1. The second kappa shape index (κ2) is 9.10. The van der Waals surface area contributed by atoms with Crippen LogP contribution in [0, 0.1) is 19.8 Å². The largest absolute Gasteiger partial charge is 0.497 e. The minimum absolute atomic E-state index is 0. The van der Waals surface area contributed by atoms with Gasteiger partial charge in [0.05, 0.1) is 12.7 Å². The number of rotatable bonds is 5. The molecule has 2 N–H and O–H groups in total. The summed E-state index contributed by atoms with van der Waals surface area (Å²) < 4.78 is 7.33. The summed E-state index contributed by atoms with van der Waals surface area (Å²) in [6.45, 7) is 6.84. The van der Waals surface area contributed by atoms with Gasteiger partial charge in [-0.25, -0.2) is 0 Å². The highest BCUT2D eigenvalue weighted by Gasteiger charge is 2.19. The number of methoxy groups -OCH3 is 1. The van der Waals surface area contributed by atoms with Gasteiger partial charge >= 0.3 is 0 Å². The average molecular weight is 378 g/mol. The van der Waals surface area contributed by atoms with Gasteiger partial charge in [-0.1, -0.05) is 0 Å². The molecule has 142 valence electrons. The number of piperidine rings is 1. The molecule has 2 heterocycles. The highest BCUT2D eigenvalue weighted by atomic mass is 35.5. The van der Waals surface area contributed by atoms with E-state index in [9.17, 15) is 4.79 Å². The Kier molecular flexibility index (Phi) is 7.12. The van der Waals surface area contributed by atoms with Crippen LogP contribution in [-0.4, -0.2) is 37.2 Å². The Labute approximate surface area is 161 Å². The molecule has 1 aromatic heterocycles. The summed E-state index contributed by atoms with van der Waals surface area (Å²) in [5, 5.41) is 6.50. The molecule has 0 radical (unpaired) electrons. The van der Waals surface area contributed by atoms with Crippen LogP contribution >= 0.6 is 12.4 Å². The molecule has 1 aliphatic heterocycles. The standard InChI is InChI=1S/C20H27N3O2.ClH/c1-14-11-19(20(24)22-13-16-5-4-10-21-12-16)15(2)23(14)17-6-8-18(25-3)9-7-17;/h6-9,11,16,21H,4-5,10,12-13H2,1-3H3,(H,22,24);1H. The molecule has 1 aliphatic rings. The lowest BCUT2D eigenvalue weighted by molar-refractivity contribution is 0.0944. The smallest absolute Gasteiger partial charge is 0.253 e. The second-order valence-corrected chi connectivity index (χ2v) is 6.74. The minimum atomic E-state index is 0. The van der Waals surface area contributed by atoms with E-state index < -0.39 is 0 Å². The van der Waals surface area contributed by atoms with Crippen molar-refractivity contribution in [3.8, 4) is 11.4 Å². The second-order valence-electron chi connectivity index (χ2n) is 6.74. The van der Waals surface area contributed by atoms with Crippen LogP contribution in [0.25, 0.3) is 5.69 Å². The zero-order valence-corrected chi connectivity index (χ0v) is 16.5. The highest BCUT2D eigenvalue weighted by Crippen LogP contribution is 2.23. The maximum Gasteiger partial charge on any atom is 0.253 e. The van der Waals surface area contributed by atoms with Crippen molar-refractivity contribution in [3.63, 3.8) is 0 Å². The van der Waals surface area contributed by atoms with Gasteiger partial charge in [0.15, 0.2) is 0 Å². The summed E-state index contributed by atoms with van der Waals surface area (Å²) in [6.07, 6.45) is 2.37. The SMILES string of the molecule is COc1ccc(-n2c(C)cc(C(=O)NCC3CCCNC3)c2C)cc1.Cl. The van der Waals surface area contributed by atoms with E-state index in [4.69, 9.17) is 4.74 Å². The van der Waals surface area contributed by atoms with Gasteiger partial charge in [-0.2, -0.15) is 0 Å². The number of halogens is 1. The number of nitrogens with zero attached hydrogens (tertiary/aromatic N) is 1. The molecule has 1 atom stereocenters. The van der Waals surface area contributed by atoms with Crippen molar-refractivity contribution in [2.24, 2.45) is 5.92 Å². The van der Waals surface area contributed by atoms with Gasteiger partial charge in [0.25, 0.3) is 5.91 Å². The molecular weight excluding hydrogens is 350 g/mol. The van der Waals surface area contributed by atoms with Gasteiger partial charge in [-0.15, -0.1) is 12.4 Å². The summed E-state index contributed by atoms with van der Waals surface area (Å²) in [5.74, 6) is 1.37. The minimum Gasteiger partial charge on any atom is -0.497 e.